The smallest absolute Gasteiger partial charge is 0.389 e. The standard InChI is InChI=1S/C11H9F3N4S/c1-6-2-3-16-10(8(6)9(15)19)18-5-7(4-17-18)11(12,13)14/h2-5H,1H3,(H2,15,19). The van der Waals surface area contributed by atoms with Crippen LogP contribution < -0.4 is 5.73 Å². The lowest BCUT2D eigenvalue weighted by atomic mass is 10.1. The lowest BCUT2D eigenvalue weighted by Gasteiger charge is -2.09. The molecule has 19 heavy (non-hydrogen) atoms. The molecule has 0 aliphatic carbocycles. The number of thiocarbonyl (C=S) groups is 1. The van der Waals surface area contributed by atoms with Crippen LogP contribution in [-0.2, 0) is 6.18 Å². The fourth-order valence-corrected chi connectivity index (χ4v) is 1.86. The fraction of sp³-hybridized carbons (Fsp3) is 0.182. The minimum atomic E-state index is -4.45. The Hall–Kier alpha value is -1.96. The van der Waals surface area contributed by atoms with Crippen molar-refractivity contribution in [2.24, 2.45) is 5.73 Å². The van der Waals surface area contributed by atoms with Gasteiger partial charge < -0.3 is 5.73 Å². The van der Waals surface area contributed by atoms with Gasteiger partial charge in [0.2, 0.25) is 0 Å². The summed E-state index contributed by atoms with van der Waals surface area (Å²) in [7, 11) is 0. The number of nitrogens with zero attached hydrogens (tertiary/aromatic N) is 3. The summed E-state index contributed by atoms with van der Waals surface area (Å²) in [5, 5.41) is 3.66. The quantitative estimate of drug-likeness (QED) is 0.860. The molecule has 0 aromatic carbocycles. The molecule has 0 amide bonds. The minimum Gasteiger partial charge on any atom is -0.389 e. The van der Waals surface area contributed by atoms with Crippen LogP contribution in [0.1, 0.15) is 16.7 Å². The first-order valence-electron chi connectivity index (χ1n) is 5.18. The van der Waals surface area contributed by atoms with Gasteiger partial charge in [-0.25, -0.2) is 9.67 Å². The van der Waals surface area contributed by atoms with Crippen molar-refractivity contribution in [1.82, 2.24) is 14.8 Å². The van der Waals surface area contributed by atoms with Gasteiger partial charge in [0, 0.05) is 12.4 Å². The van der Waals surface area contributed by atoms with Crippen molar-refractivity contribution in [2.75, 3.05) is 0 Å². The molecule has 4 nitrogen and oxygen atoms in total. The van der Waals surface area contributed by atoms with Gasteiger partial charge in [-0.2, -0.15) is 18.3 Å². The lowest BCUT2D eigenvalue weighted by Crippen LogP contribution is -2.16. The van der Waals surface area contributed by atoms with Crippen LogP contribution in [0.15, 0.2) is 24.7 Å². The van der Waals surface area contributed by atoms with E-state index in [-0.39, 0.29) is 10.8 Å². The molecule has 2 aromatic heterocycles. The zero-order chi connectivity index (χ0) is 14.2. The molecule has 0 unspecified atom stereocenters. The van der Waals surface area contributed by atoms with Crippen LogP contribution >= 0.6 is 12.2 Å². The number of pyridine rings is 1. The number of aryl methyl sites for hydroxylation is 1. The largest absolute Gasteiger partial charge is 0.419 e. The Balaban J connectivity index is 2.57. The van der Waals surface area contributed by atoms with E-state index in [1.807, 2.05) is 0 Å². The predicted molar refractivity (Wildman–Crippen MR) is 67.0 cm³/mol. The molecular formula is C11H9F3N4S. The highest BCUT2D eigenvalue weighted by atomic mass is 32.1. The topological polar surface area (TPSA) is 56.7 Å². The summed E-state index contributed by atoms with van der Waals surface area (Å²) in [6, 6.07) is 1.67. The van der Waals surface area contributed by atoms with Crippen molar-refractivity contribution in [3.8, 4) is 5.82 Å². The average Bonchev–Trinajstić information content (AvgIpc) is 2.76. The van der Waals surface area contributed by atoms with E-state index in [9.17, 15) is 13.2 Å². The molecule has 0 spiro atoms. The molecular weight excluding hydrogens is 277 g/mol. The van der Waals surface area contributed by atoms with E-state index in [0.29, 0.717) is 5.56 Å². The molecule has 2 aromatic rings. The number of aromatic nitrogens is 3. The number of hydrogen-bond donors (Lipinski definition) is 1. The second-order valence-corrected chi connectivity index (χ2v) is 4.30. The van der Waals surface area contributed by atoms with Crippen LogP contribution in [0.25, 0.3) is 5.82 Å². The highest BCUT2D eigenvalue weighted by Crippen LogP contribution is 2.29. The fourth-order valence-electron chi connectivity index (χ4n) is 1.61. The molecule has 100 valence electrons. The summed E-state index contributed by atoms with van der Waals surface area (Å²) in [6.45, 7) is 1.74. The Labute approximate surface area is 112 Å². The lowest BCUT2D eigenvalue weighted by molar-refractivity contribution is -0.137. The van der Waals surface area contributed by atoms with E-state index < -0.39 is 11.7 Å². The maximum Gasteiger partial charge on any atom is 0.419 e. The zero-order valence-electron chi connectivity index (χ0n) is 9.77. The van der Waals surface area contributed by atoms with Gasteiger partial charge in [-0.15, -0.1) is 0 Å². The van der Waals surface area contributed by atoms with Gasteiger partial charge in [-0.1, -0.05) is 12.2 Å². The third-order valence-corrected chi connectivity index (χ3v) is 2.72. The molecule has 2 rings (SSSR count). The number of rotatable bonds is 2. The average molecular weight is 286 g/mol. The van der Waals surface area contributed by atoms with Crippen molar-refractivity contribution >= 4 is 17.2 Å². The van der Waals surface area contributed by atoms with E-state index in [1.165, 1.54) is 6.20 Å². The maximum atomic E-state index is 12.5. The summed E-state index contributed by atoms with van der Waals surface area (Å²) in [4.78, 5) is 4.05. The van der Waals surface area contributed by atoms with Crippen molar-refractivity contribution in [2.45, 2.75) is 13.1 Å². The maximum absolute atomic E-state index is 12.5. The summed E-state index contributed by atoms with van der Waals surface area (Å²) in [6.07, 6.45) is -1.41. The molecule has 2 heterocycles. The van der Waals surface area contributed by atoms with Gasteiger partial charge >= 0.3 is 6.18 Å². The normalized spacial score (nSPS) is 11.6. The molecule has 0 aliphatic rings. The molecule has 0 aliphatic heterocycles. The third kappa shape index (κ3) is 2.58. The van der Waals surface area contributed by atoms with Crippen molar-refractivity contribution in [3.05, 3.63) is 41.3 Å². The van der Waals surface area contributed by atoms with E-state index >= 15 is 0 Å². The SMILES string of the molecule is Cc1ccnc(-n2cc(C(F)(F)F)cn2)c1C(N)=S. The summed E-state index contributed by atoms with van der Waals surface area (Å²) < 4.78 is 38.6. The third-order valence-electron chi connectivity index (χ3n) is 2.51. The van der Waals surface area contributed by atoms with Gasteiger partial charge in [-0.3, -0.25) is 0 Å². The van der Waals surface area contributed by atoms with Gasteiger partial charge in [0.25, 0.3) is 0 Å². The predicted octanol–water partition coefficient (Wildman–Crippen LogP) is 2.23. The Kier molecular flexibility index (Phi) is 3.27. The number of alkyl halides is 3. The van der Waals surface area contributed by atoms with E-state index in [2.05, 4.69) is 10.1 Å². The second kappa shape index (κ2) is 4.61. The van der Waals surface area contributed by atoms with Gasteiger partial charge in [0.05, 0.1) is 17.3 Å². The Morgan fingerprint density at radius 2 is 2.11 bits per heavy atom. The monoisotopic (exact) mass is 286 g/mol. The summed E-state index contributed by atoms with van der Waals surface area (Å²) in [5.74, 6) is 0.183. The number of hydrogen-bond acceptors (Lipinski definition) is 3. The van der Waals surface area contributed by atoms with Crippen molar-refractivity contribution in [3.63, 3.8) is 0 Å². The molecule has 0 saturated carbocycles. The molecule has 0 atom stereocenters. The Bertz CT molecular complexity index is 633. The molecule has 2 N–H and O–H groups in total. The van der Waals surface area contributed by atoms with Crippen molar-refractivity contribution in [1.29, 1.82) is 0 Å². The first kappa shape index (κ1) is 13.5. The molecule has 0 bridgehead atoms. The minimum absolute atomic E-state index is 0.0599. The highest BCUT2D eigenvalue weighted by Gasteiger charge is 2.32. The van der Waals surface area contributed by atoms with Crippen molar-refractivity contribution < 1.29 is 13.2 Å². The Morgan fingerprint density at radius 3 is 2.63 bits per heavy atom. The molecule has 8 heteroatoms. The van der Waals surface area contributed by atoms with Crippen LogP contribution in [0.5, 0.6) is 0 Å². The van der Waals surface area contributed by atoms with E-state index in [4.69, 9.17) is 18.0 Å². The second-order valence-electron chi connectivity index (χ2n) is 3.86. The van der Waals surface area contributed by atoms with E-state index in [0.717, 1.165) is 22.6 Å². The molecule has 0 radical (unpaired) electrons. The zero-order valence-corrected chi connectivity index (χ0v) is 10.6. The van der Waals surface area contributed by atoms with Gasteiger partial charge in [-0.05, 0) is 18.6 Å². The molecule has 0 fully saturated rings. The van der Waals surface area contributed by atoms with Crippen LogP contribution in [0.4, 0.5) is 13.2 Å². The molecule has 0 saturated heterocycles. The van der Waals surface area contributed by atoms with Crippen LogP contribution in [-0.4, -0.2) is 19.8 Å². The Morgan fingerprint density at radius 1 is 1.42 bits per heavy atom. The number of halogens is 3. The van der Waals surface area contributed by atoms with Gasteiger partial charge in [0.15, 0.2) is 5.82 Å². The summed E-state index contributed by atoms with van der Waals surface area (Å²) >= 11 is 4.89. The van der Waals surface area contributed by atoms with Gasteiger partial charge in [0.1, 0.15) is 4.99 Å². The van der Waals surface area contributed by atoms with Crippen LogP contribution in [0.2, 0.25) is 0 Å². The highest BCUT2D eigenvalue weighted by molar-refractivity contribution is 7.80. The number of nitrogens with two attached hydrogens (primary N) is 1. The first-order valence-corrected chi connectivity index (χ1v) is 5.59. The van der Waals surface area contributed by atoms with Crippen LogP contribution in [0.3, 0.4) is 0 Å². The van der Waals surface area contributed by atoms with E-state index in [1.54, 1.807) is 13.0 Å². The summed E-state index contributed by atoms with van der Waals surface area (Å²) in [5.41, 5.74) is 5.85. The first-order chi connectivity index (χ1) is 8.80. The van der Waals surface area contributed by atoms with Crippen LogP contribution in [0, 0.1) is 6.92 Å².